The smallest absolute Gasteiger partial charge is 0.329 e. The summed E-state index contributed by atoms with van der Waals surface area (Å²) < 4.78 is 0.960. The average Bonchev–Trinajstić information content (AvgIpc) is 3.20. The molecule has 2 rings (SSSR count). The number of carbonyl (C=O) groups is 2. The van der Waals surface area contributed by atoms with Crippen LogP contribution in [0.5, 0.6) is 0 Å². The van der Waals surface area contributed by atoms with Gasteiger partial charge in [0.2, 0.25) is 5.91 Å². The van der Waals surface area contributed by atoms with Crippen LogP contribution in [0.4, 0.5) is 0 Å². The van der Waals surface area contributed by atoms with E-state index in [0.717, 1.165) is 22.9 Å². The summed E-state index contributed by atoms with van der Waals surface area (Å²) >= 11 is 3.37. The number of hydrogen-bond donors (Lipinski definition) is 2. The third-order valence-corrected chi connectivity index (χ3v) is 4.68. The van der Waals surface area contributed by atoms with E-state index in [1.807, 2.05) is 24.3 Å². The maximum absolute atomic E-state index is 12.5. The van der Waals surface area contributed by atoms with E-state index in [0.29, 0.717) is 6.42 Å². The number of aliphatic carboxylic acids is 1. The van der Waals surface area contributed by atoms with Gasteiger partial charge in [-0.1, -0.05) is 35.0 Å². The molecule has 1 aliphatic rings. The number of halogens is 1. The van der Waals surface area contributed by atoms with E-state index < -0.39 is 16.9 Å². The fourth-order valence-corrected chi connectivity index (χ4v) is 2.47. The number of benzene rings is 1. The summed E-state index contributed by atoms with van der Waals surface area (Å²) in [4.78, 5) is 23.8. The number of rotatable bonds is 5. The molecule has 2 N–H and O–H groups in total. The highest BCUT2D eigenvalue weighted by Gasteiger charge is 2.53. The van der Waals surface area contributed by atoms with Crippen LogP contribution in [0, 0.1) is 0 Å². The maximum Gasteiger partial charge on any atom is 0.329 e. The predicted octanol–water partition coefficient (Wildman–Crippen LogP) is 2.85. The molecule has 1 atom stereocenters. The second kappa shape index (κ2) is 5.20. The lowest BCUT2D eigenvalue weighted by atomic mass is 9.92. The van der Waals surface area contributed by atoms with Gasteiger partial charge in [-0.15, -0.1) is 0 Å². The van der Waals surface area contributed by atoms with Crippen LogP contribution in [0.3, 0.4) is 0 Å². The minimum absolute atomic E-state index is 0.188. The second-order valence-corrected chi connectivity index (χ2v) is 6.45. The zero-order valence-corrected chi connectivity index (χ0v) is 13.2. The molecular weight excluding hydrogens is 322 g/mol. The summed E-state index contributed by atoms with van der Waals surface area (Å²) in [5.74, 6) is -1.19. The van der Waals surface area contributed by atoms with Crippen LogP contribution in [-0.4, -0.2) is 22.5 Å². The van der Waals surface area contributed by atoms with Crippen LogP contribution < -0.4 is 5.32 Å². The first-order valence-electron chi connectivity index (χ1n) is 6.66. The van der Waals surface area contributed by atoms with Crippen molar-refractivity contribution in [2.45, 2.75) is 44.1 Å². The summed E-state index contributed by atoms with van der Waals surface area (Å²) in [6, 6.07) is 7.64. The number of carboxylic acid groups (broad SMARTS) is 1. The Hall–Kier alpha value is -1.36. The van der Waals surface area contributed by atoms with Gasteiger partial charge in [-0.25, -0.2) is 4.79 Å². The molecule has 0 heterocycles. The maximum atomic E-state index is 12.5. The van der Waals surface area contributed by atoms with E-state index in [2.05, 4.69) is 21.2 Å². The minimum atomic E-state index is -1.21. The molecule has 1 saturated carbocycles. The normalized spacial score (nSPS) is 18.9. The first-order valence-corrected chi connectivity index (χ1v) is 7.45. The highest BCUT2D eigenvalue weighted by Crippen LogP contribution is 2.48. The van der Waals surface area contributed by atoms with Crippen LogP contribution >= 0.6 is 15.9 Å². The van der Waals surface area contributed by atoms with E-state index in [-0.39, 0.29) is 5.91 Å². The van der Waals surface area contributed by atoms with Crippen LogP contribution in [-0.2, 0) is 15.0 Å². The summed E-state index contributed by atoms with van der Waals surface area (Å²) in [5.41, 5.74) is -0.809. The van der Waals surface area contributed by atoms with Gasteiger partial charge in [-0.3, -0.25) is 4.79 Å². The van der Waals surface area contributed by atoms with Gasteiger partial charge in [-0.05, 0) is 43.9 Å². The van der Waals surface area contributed by atoms with Crippen molar-refractivity contribution in [3.63, 3.8) is 0 Å². The van der Waals surface area contributed by atoms with Gasteiger partial charge in [-0.2, -0.15) is 0 Å². The molecule has 1 fully saturated rings. The second-order valence-electron chi connectivity index (χ2n) is 5.53. The topological polar surface area (TPSA) is 66.4 Å². The predicted molar refractivity (Wildman–Crippen MR) is 79.5 cm³/mol. The molecule has 0 spiro atoms. The molecule has 1 amide bonds. The third kappa shape index (κ3) is 2.59. The van der Waals surface area contributed by atoms with Gasteiger partial charge >= 0.3 is 5.97 Å². The molecule has 1 aromatic carbocycles. The quantitative estimate of drug-likeness (QED) is 0.866. The summed E-state index contributed by atoms with van der Waals surface area (Å²) in [5, 5.41) is 12.0. The SMILES string of the molecule is CCC(C)(NC(=O)C1(c2ccc(Br)cc2)CC1)C(=O)O. The number of hydrogen-bond acceptors (Lipinski definition) is 2. The lowest BCUT2D eigenvalue weighted by molar-refractivity contribution is -0.147. The monoisotopic (exact) mass is 339 g/mol. The van der Waals surface area contributed by atoms with Crippen LogP contribution in [0.2, 0.25) is 0 Å². The first kappa shape index (κ1) is 15.0. The van der Waals surface area contributed by atoms with Gasteiger partial charge in [0, 0.05) is 4.47 Å². The van der Waals surface area contributed by atoms with E-state index in [1.54, 1.807) is 13.8 Å². The lowest BCUT2D eigenvalue weighted by Gasteiger charge is -2.27. The van der Waals surface area contributed by atoms with Crippen molar-refractivity contribution in [2.75, 3.05) is 0 Å². The highest BCUT2D eigenvalue weighted by atomic mass is 79.9. The van der Waals surface area contributed by atoms with Crippen molar-refractivity contribution in [1.29, 1.82) is 0 Å². The zero-order valence-electron chi connectivity index (χ0n) is 11.6. The molecule has 1 aliphatic carbocycles. The van der Waals surface area contributed by atoms with Crippen molar-refractivity contribution in [3.8, 4) is 0 Å². The number of carbonyl (C=O) groups excluding carboxylic acids is 1. The molecule has 1 aromatic rings. The van der Waals surface area contributed by atoms with Crippen molar-refractivity contribution in [3.05, 3.63) is 34.3 Å². The molecule has 0 radical (unpaired) electrons. The van der Waals surface area contributed by atoms with E-state index in [1.165, 1.54) is 0 Å². The molecule has 0 saturated heterocycles. The van der Waals surface area contributed by atoms with Crippen molar-refractivity contribution < 1.29 is 14.7 Å². The highest BCUT2D eigenvalue weighted by molar-refractivity contribution is 9.10. The Morgan fingerprint density at radius 3 is 2.30 bits per heavy atom. The molecule has 20 heavy (non-hydrogen) atoms. The van der Waals surface area contributed by atoms with E-state index in [9.17, 15) is 14.7 Å². The molecule has 0 aromatic heterocycles. The van der Waals surface area contributed by atoms with Gasteiger partial charge in [0.1, 0.15) is 5.54 Å². The minimum Gasteiger partial charge on any atom is -0.480 e. The Morgan fingerprint density at radius 1 is 1.35 bits per heavy atom. The molecule has 4 nitrogen and oxygen atoms in total. The number of nitrogens with one attached hydrogen (secondary N) is 1. The molecule has 1 unspecified atom stereocenters. The van der Waals surface area contributed by atoms with Crippen LogP contribution in [0.1, 0.15) is 38.7 Å². The van der Waals surface area contributed by atoms with Gasteiger partial charge < -0.3 is 10.4 Å². The van der Waals surface area contributed by atoms with Gasteiger partial charge in [0.25, 0.3) is 0 Å². The first-order chi connectivity index (χ1) is 9.34. The summed E-state index contributed by atoms with van der Waals surface area (Å²) in [6.45, 7) is 3.30. The van der Waals surface area contributed by atoms with Crippen molar-refractivity contribution in [2.24, 2.45) is 0 Å². The molecule has 108 valence electrons. The molecule has 0 bridgehead atoms. The summed E-state index contributed by atoms with van der Waals surface area (Å²) in [6.07, 6.45) is 1.88. The largest absolute Gasteiger partial charge is 0.480 e. The Balaban J connectivity index is 2.21. The molecule has 5 heteroatoms. The third-order valence-electron chi connectivity index (χ3n) is 4.15. The fraction of sp³-hybridized carbons (Fsp3) is 0.467. The number of amides is 1. The van der Waals surface area contributed by atoms with Crippen LogP contribution in [0.15, 0.2) is 28.7 Å². The number of carboxylic acids is 1. The Bertz CT molecular complexity index is 537. The standard InChI is InChI=1S/C15H18BrNO3/c1-3-14(2,13(19)20)17-12(18)15(8-9-15)10-4-6-11(16)7-5-10/h4-7H,3,8-9H2,1-2H3,(H,17,18)(H,19,20). The fourth-order valence-electron chi connectivity index (χ4n) is 2.20. The van der Waals surface area contributed by atoms with Gasteiger partial charge in [0.15, 0.2) is 0 Å². The Morgan fingerprint density at radius 2 is 1.90 bits per heavy atom. The summed E-state index contributed by atoms with van der Waals surface area (Å²) in [7, 11) is 0. The van der Waals surface area contributed by atoms with Crippen molar-refractivity contribution >= 4 is 27.8 Å². The van der Waals surface area contributed by atoms with Crippen molar-refractivity contribution in [1.82, 2.24) is 5.32 Å². The lowest BCUT2D eigenvalue weighted by Crippen LogP contribution is -2.54. The van der Waals surface area contributed by atoms with E-state index in [4.69, 9.17) is 0 Å². The Kier molecular flexibility index (Phi) is 3.91. The van der Waals surface area contributed by atoms with E-state index >= 15 is 0 Å². The average molecular weight is 340 g/mol. The Labute approximate surface area is 126 Å². The molecule has 0 aliphatic heterocycles. The van der Waals surface area contributed by atoms with Gasteiger partial charge in [0.05, 0.1) is 5.41 Å². The molecular formula is C15H18BrNO3. The van der Waals surface area contributed by atoms with Crippen LogP contribution in [0.25, 0.3) is 0 Å². The zero-order chi connectivity index (χ0) is 15.0.